The predicted octanol–water partition coefficient (Wildman–Crippen LogP) is 2.49. The molecule has 7 heteroatoms. The second-order valence-electron chi connectivity index (χ2n) is 6.93. The van der Waals surface area contributed by atoms with Gasteiger partial charge in [0.05, 0.1) is 23.2 Å². The van der Waals surface area contributed by atoms with E-state index in [1.54, 1.807) is 6.07 Å². The summed E-state index contributed by atoms with van der Waals surface area (Å²) in [6.45, 7) is 1.36. The quantitative estimate of drug-likeness (QED) is 0.741. The van der Waals surface area contributed by atoms with Crippen molar-refractivity contribution in [2.45, 2.75) is 56.7 Å². The Morgan fingerprint density at radius 3 is 2.76 bits per heavy atom. The smallest absolute Gasteiger partial charge is 0.339 e. The molecule has 1 aliphatic heterocycles. The van der Waals surface area contributed by atoms with Crippen molar-refractivity contribution in [3.8, 4) is 0 Å². The van der Waals surface area contributed by atoms with Crippen molar-refractivity contribution in [3.05, 3.63) is 22.3 Å². The van der Waals surface area contributed by atoms with E-state index in [4.69, 9.17) is 4.74 Å². The molecule has 1 saturated heterocycles. The monoisotopic (exact) mass is 411 g/mol. The number of pyridine rings is 1. The number of hydrogen-bond donors (Lipinski definition) is 2. The molecule has 0 radical (unpaired) electrons. The molecule has 1 aromatic heterocycles. The molecule has 2 fully saturated rings. The van der Waals surface area contributed by atoms with Gasteiger partial charge in [-0.3, -0.25) is 0 Å². The number of piperidine rings is 1. The summed E-state index contributed by atoms with van der Waals surface area (Å²) in [5.41, 5.74) is 0.410. The van der Waals surface area contributed by atoms with E-state index >= 15 is 0 Å². The fourth-order valence-corrected chi connectivity index (χ4v) is 4.38. The average Bonchev–Trinajstić information content (AvgIpc) is 2.63. The summed E-state index contributed by atoms with van der Waals surface area (Å²) in [6, 6.07) is 2.41. The van der Waals surface area contributed by atoms with Crippen LogP contribution in [0.15, 0.2) is 16.7 Å². The minimum absolute atomic E-state index is 0.146. The molecule has 2 aliphatic rings. The second-order valence-corrected chi connectivity index (χ2v) is 7.79. The zero-order chi connectivity index (χ0) is 17.8. The molecule has 1 aliphatic carbocycles. The summed E-state index contributed by atoms with van der Waals surface area (Å²) in [7, 11) is 1.35. The third-order valence-corrected chi connectivity index (χ3v) is 5.76. The number of nitrogens with one attached hydrogen (secondary N) is 1. The van der Waals surface area contributed by atoms with Crippen LogP contribution in [0.5, 0.6) is 0 Å². The Morgan fingerprint density at radius 1 is 1.36 bits per heavy atom. The van der Waals surface area contributed by atoms with E-state index in [1.165, 1.54) is 45.4 Å². The highest BCUT2D eigenvalue weighted by molar-refractivity contribution is 9.10. The Morgan fingerprint density at radius 2 is 2.12 bits per heavy atom. The number of β-amino-alcohol motifs (C(OH)–C–C–N with tert-alkyl or cyclic N) is 1. The van der Waals surface area contributed by atoms with E-state index in [2.05, 4.69) is 31.1 Å². The predicted molar refractivity (Wildman–Crippen MR) is 99.9 cm³/mol. The van der Waals surface area contributed by atoms with Crippen LogP contribution in [0.25, 0.3) is 0 Å². The molecule has 1 saturated carbocycles. The number of nitrogens with zero attached hydrogens (tertiary/aromatic N) is 2. The van der Waals surface area contributed by atoms with Gasteiger partial charge < -0.3 is 20.1 Å². The lowest BCUT2D eigenvalue weighted by Gasteiger charge is -2.39. The molecule has 2 heterocycles. The van der Waals surface area contributed by atoms with Gasteiger partial charge >= 0.3 is 5.97 Å². The van der Waals surface area contributed by atoms with Gasteiger partial charge in [-0.05, 0) is 41.3 Å². The number of halogens is 1. The molecular formula is C18H26BrN3O3. The first kappa shape index (κ1) is 18.6. The molecular weight excluding hydrogens is 386 g/mol. The number of esters is 1. The maximum Gasteiger partial charge on any atom is 0.339 e. The number of anilines is 1. The fourth-order valence-electron chi connectivity index (χ4n) is 3.78. The van der Waals surface area contributed by atoms with Gasteiger partial charge in [0, 0.05) is 31.4 Å². The third kappa shape index (κ3) is 4.51. The van der Waals surface area contributed by atoms with Crippen LogP contribution in [-0.4, -0.2) is 54.4 Å². The van der Waals surface area contributed by atoms with E-state index < -0.39 is 12.1 Å². The van der Waals surface area contributed by atoms with Gasteiger partial charge in [-0.2, -0.15) is 0 Å². The van der Waals surface area contributed by atoms with Crippen LogP contribution in [0.3, 0.4) is 0 Å². The standard InChI is InChI=1S/C18H26BrN3O3/c1-25-18(24)12-9-14(19)17(20-10-12)22-8-7-15(16(23)11-22)21-13-5-3-2-4-6-13/h9-10,13,15-16,21,23H,2-8,11H2,1H3. The Balaban J connectivity index is 1.61. The van der Waals surface area contributed by atoms with Crippen LogP contribution in [0, 0.1) is 0 Å². The largest absolute Gasteiger partial charge is 0.465 e. The van der Waals surface area contributed by atoms with E-state index in [0.29, 0.717) is 18.2 Å². The second kappa shape index (κ2) is 8.47. The molecule has 138 valence electrons. The van der Waals surface area contributed by atoms with E-state index in [-0.39, 0.29) is 6.04 Å². The topological polar surface area (TPSA) is 74.7 Å². The van der Waals surface area contributed by atoms with Crippen LogP contribution in [-0.2, 0) is 4.74 Å². The number of ether oxygens (including phenoxy) is 1. The van der Waals surface area contributed by atoms with Crippen LogP contribution in [0.1, 0.15) is 48.9 Å². The van der Waals surface area contributed by atoms with Gasteiger partial charge in [0.1, 0.15) is 5.82 Å². The summed E-state index contributed by atoms with van der Waals surface area (Å²) >= 11 is 3.49. The van der Waals surface area contributed by atoms with Crippen LogP contribution in [0.4, 0.5) is 5.82 Å². The Hall–Kier alpha value is -1.18. The number of hydrogen-bond acceptors (Lipinski definition) is 6. The van der Waals surface area contributed by atoms with Gasteiger partial charge in [-0.1, -0.05) is 19.3 Å². The number of aliphatic hydroxyl groups is 1. The highest BCUT2D eigenvalue weighted by Gasteiger charge is 2.31. The number of carbonyl (C=O) groups excluding carboxylic acids is 1. The van der Waals surface area contributed by atoms with E-state index in [9.17, 15) is 9.90 Å². The summed E-state index contributed by atoms with van der Waals surface area (Å²) in [5.74, 6) is 0.345. The molecule has 0 amide bonds. The fraction of sp³-hybridized carbons (Fsp3) is 0.667. The molecule has 0 spiro atoms. The molecule has 25 heavy (non-hydrogen) atoms. The maximum atomic E-state index is 11.6. The zero-order valence-corrected chi connectivity index (χ0v) is 16.2. The molecule has 6 nitrogen and oxygen atoms in total. The highest BCUT2D eigenvalue weighted by Crippen LogP contribution is 2.28. The van der Waals surface area contributed by atoms with Crippen molar-refractivity contribution in [2.75, 3.05) is 25.1 Å². The number of rotatable bonds is 4. The van der Waals surface area contributed by atoms with Crippen LogP contribution in [0.2, 0.25) is 0 Å². The van der Waals surface area contributed by atoms with Gasteiger partial charge in [0.15, 0.2) is 0 Å². The summed E-state index contributed by atoms with van der Waals surface area (Å²) in [5, 5.41) is 14.2. The number of carbonyl (C=O) groups is 1. The van der Waals surface area contributed by atoms with Crippen molar-refractivity contribution < 1.29 is 14.6 Å². The molecule has 0 aromatic carbocycles. The summed E-state index contributed by atoms with van der Waals surface area (Å²) in [4.78, 5) is 18.0. The Bertz CT molecular complexity index is 607. The first-order valence-electron chi connectivity index (χ1n) is 9.01. The average molecular weight is 412 g/mol. The summed E-state index contributed by atoms with van der Waals surface area (Å²) < 4.78 is 5.46. The third-order valence-electron chi connectivity index (χ3n) is 5.18. The van der Waals surface area contributed by atoms with Crippen molar-refractivity contribution in [1.29, 1.82) is 0 Å². The molecule has 3 rings (SSSR count). The highest BCUT2D eigenvalue weighted by atomic mass is 79.9. The van der Waals surface area contributed by atoms with Crippen molar-refractivity contribution in [2.24, 2.45) is 0 Å². The van der Waals surface area contributed by atoms with Crippen LogP contribution < -0.4 is 10.2 Å². The van der Waals surface area contributed by atoms with Gasteiger partial charge in [-0.25, -0.2) is 9.78 Å². The number of aromatic nitrogens is 1. The van der Waals surface area contributed by atoms with Gasteiger partial charge in [-0.15, -0.1) is 0 Å². The molecule has 1 aromatic rings. The Labute approximate surface area is 157 Å². The first-order chi connectivity index (χ1) is 12.1. The lowest BCUT2D eigenvalue weighted by atomic mass is 9.93. The van der Waals surface area contributed by atoms with Gasteiger partial charge in [0.25, 0.3) is 0 Å². The molecule has 2 atom stereocenters. The van der Waals surface area contributed by atoms with E-state index in [0.717, 1.165) is 23.3 Å². The Kier molecular flexibility index (Phi) is 6.30. The van der Waals surface area contributed by atoms with Crippen molar-refractivity contribution in [3.63, 3.8) is 0 Å². The number of methoxy groups -OCH3 is 1. The molecule has 0 bridgehead atoms. The van der Waals surface area contributed by atoms with Crippen molar-refractivity contribution in [1.82, 2.24) is 10.3 Å². The van der Waals surface area contributed by atoms with Gasteiger partial charge in [0.2, 0.25) is 0 Å². The SMILES string of the molecule is COC(=O)c1cnc(N2CCC(NC3CCCCC3)C(O)C2)c(Br)c1. The normalized spacial score (nSPS) is 25.0. The minimum atomic E-state index is -0.426. The first-order valence-corrected chi connectivity index (χ1v) is 9.80. The molecule has 2 unspecified atom stereocenters. The maximum absolute atomic E-state index is 11.6. The lowest BCUT2D eigenvalue weighted by molar-refractivity contribution is 0.0600. The van der Waals surface area contributed by atoms with Crippen molar-refractivity contribution >= 4 is 27.7 Å². The zero-order valence-electron chi connectivity index (χ0n) is 14.6. The molecule has 2 N–H and O–H groups in total. The van der Waals surface area contributed by atoms with Crippen LogP contribution >= 0.6 is 15.9 Å². The van der Waals surface area contributed by atoms with E-state index in [1.807, 2.05) is 0 Å². The summed E-state index contributed by atoms with van der Waals surface area (Å²) in [6.07, 6.45) is 8.32. The lowest BCUT2D eigenvalue weighted by Crippen LogP contribution is -2.55. The number of aliphatic hydroxyl groups excluding tert-OH is 1. The minimum Gasteiger partial charge on any atom is -0.465 e.